The Morgan fingerprint density at radius 3 is 1.45 bits per heavy atom. The molecule has 3 aromatic heterocycles. The van der Waals surface area contributed by atoms with Crippen molar-refractivity contribution < 1.29 is 52.8 Å². The number of aromatic amines is 3. The maximum Gasteiger partial charge on any atom is 0.408 e. The Labute approximate surface area is 430 Å². The van der Waals surface area contributed by atoms with Crippen molar-refractivity contribution in [3.05, 3.63) is 0 Å². The van der Waals surface area contributed by atoms with Crippen LogP contribution in [0.25, 0.3) is 0 Å². The number of hydrogen-bond donors (Lipinski definition) is 10. The Balaban J connectivity index is -0.000000825. The summed E-state index contributed by atoms with van der Waals surface area (Å²) in [7, 11) is 2.19. The molecule has 408 valence electrons. The summed E-state index contributed by atoms with van der Waals surface area (Å²) in [5.41, 5.74) is 9.03. The van der Waals surface area contributed by atoms with Crippen LogP contribution in [0.5, 0.6) is 0 Å². The third-order valence-corrected chi connectivity index (χ3v) is 7.59. The van der Waals surface area contributed by atoms with Gasteiger partial charge in [0.2, 0.25) is 5.91 Å². The van der Waals surface area contributed by atoms with Crippen LogP contribution in [-0.2, 0) is 38.1 Å². The standard InChI is InChI=1S/C11H16N6O3.C10H15NO4.C6H8N6O.C6H13N.C4H8O2.C4H8O.CH3N5.ClH/c1-5-6-7(12-10(19)20-11(2,3)4)8(18)13-9-14-16-17-15-9;1-5-6-7(8(12)13)11-9(14)15-10(2,3)4;1-2-3-4(7)5(13)8-6-9-11-12-10-6;1-7-5-3-2-4-6-7;1-3-6-4(2)5;1-2-4-5-3-1;2-1-3-5-6-4-1;/h1,7H,6H2,2-4H3,(H,12,19)(H2,13,14,15,16,17,18);1,7H,6H2,2-4H3,(H,11,14)(H,12,13);1,4H,3,7H2,(H2,8,9,10,11,12,13);2-6H2,1H3;3H2,1-2H3;1-4H2;(H3,2,3,4,5,6);1H/t2*7-;4-;;;;;/m000...../s1. The maximum atomic E-state index is 11.9. The molecule has 0 aliphatic carbocycles. The van der Waals surface area contributed by atoms with Gasteiger partial charge in [-0.2, -0.15) is 15.6 Å². The number of aliphatic carboxylic acids is 1. The monoisotopic (exact) mass is 1050 g/mol. The number of amides is 4. The number of hydrogen-bond acceptors (Lipinski definition) is 22. The van der Waals surface area contributed by atoms with Crippen LogP contribution in [0.3, 0.4) is 0 Å². The summed E-state index contributed by atoms with van der Waals surface area (Å²) in [6.45, 7) is 18.5. The SMILES string of the molecule is C#CC[C@H](N)C(=O)Nc1nn[nH]n1.C#CC[C@H](NC(=O)OC(C)(C)C)C(=O)Nc1nn[nH]n1.C#CC[C@H](NC(=O)OC(C)(C)C)C(=O)O.C1CCOC1.CCOC(C)=O.CN1CCCCC1.Cl.Nc1nn[nH]n1. The molecular weight excluding hydrogens is 982 g/mol. The molecule has 2 aliphatic rings. The molecule has 5 heterocycles. The fraction of sp³-hybridized carbons (Fsp3) is 0.643. The largest absolute Gasteiger partial charge is 0.480 e. The van der Waals surface area contributed by atoms with E-state index >= 15 is 0 Å². The fourth-order valence-corrected chi connectivity index (χ4v) is 4.53. The van der Waals surface area contributed by atoms with E-state index in [0.717, 1.165) is 13.2 Å². The minimum atomic E-state index is -1.18. The summed E-state index contributed by atoms with van der Waals surface area (Å²) >= 11 is 0. The minimum Gasteiger partial charge on any atom is -0.480 e. The van der Waals surface area contributed by atoms with Gasteiger partial charge in [-0.3, -0.25) is 25.0 Å². The van der Waals surface area contributed by atoms with Crippen molar-refractivity contribution in [2.45, 2.75) is 136 Å². The van der Waals surface area contributed by atoms with Crippen molar-refractivity contribution in [2.75, 3.05) is 56.3 Å². The number of H-pyrrole nitrogens is 3. The number of aromatic nitrogens is 12. The number of rotatable bonds is 11. The molecule has 0 aromatic carbocycles. The van der Waals surface area contributed by atoms with E-state index in [2.05, 4.69) is 118 Å². The number of nitrogens with one attached hydrogen (secondary N) is 7. The van der Waals surface area contributed by atoms with Gasteiger partial charge in [0.05, 0.1) is 12.6 Å². The van der Waals surface area contributed by atoms with Gasteiger partial charge in [0, 0.05) is 39.4 Å². The number of carbonyl (C=O) groups is 6. The van der Waals surface area contributed by atoms with E-state index in [0.29, 0.717) is 6.61 Å². The number of carboxylic acids is 1. The number of nitrogen functional groups attached to an aromatic ring is 1. The van der Waals surface area contributed by atoms with Gasteiger partial charge < -0.3 is 51.1 Å². The summed E-state index contributed by atoms with van der Waals surface area (Å²) in [5.74, 6) is 4.61. The topological polar surface area (TPSA) is 426 Å². The zero-order valence-corrected chi connectivity index (χ0v) is 43.5. The van der Waals surface area contributed by atoms with Gasteiger partial charge in [0.25, 0.3) is 23.8 Å². The van der Waals surface area contributed by atoms with Gasteiger partial charge >= 0.3 is 24.1 Å². The minimum absolute atomic E-state index is 0. The van der Waals surface area contributed by atoms with E-state index in [9.17, 15) is 28.8 Å². The molecule has 4 amide bonds. The van der Waals surface area contributed by atoms with Crippen LogP contribution in [0.15, 0.2) is 0 Å². The zero-order valence-electron chi connectivity index (χ0n) is 42.7. The van der Waals surface area contributed by atoms with Crippen LogP contribution < -0.4 is 32.7 Å². The average Bonchev–Trinajstić information content (AvgIpc) is 4.15. The number of esters is 1. The second-order valence-electron chi connectivity index (χ2n) is 16.4. The third-order valence-electron chi connectivity index (χ3n) is 7.59. The highest BCUT2D eigenvalue weighted by Gasteiger charge is 2.25. The van der Waals surface area contributed by atoms with Crippen LogP contribution in [0, 0.1) is 37.0 Å². The van der Waals surface area contributed by atoms with Gasteiger partial charge in [-0.05, 0) is 110 Å². The van der Waals surface area contributed by atoms with Gasteiger partial charge in [-0.15, -0.1) is 64.7 Å². The summed E-state index contributed by atoms with van der Waals surface area (Å²) < 4.78 is 19.3. The first-order valence-corrected chi connectivity index (χ1v) is 22.1. The molecule has 0 radical (unpaired) electrons. The molecule has 5 rings (SSSR count). The second kappa shape index (κ2) is 41.0. The molecule has 3 atom stereocenters. The molecule has 31 heteroatoms. The second-order valence-corrected chi connectivity index (χ2v) is 16.4. The van der Waals surface area contributed by atoms with Crippen LogP contribution >= 0.6 is 12.4 Å². The first-order chi connectivity index (χ1) is 33.9. The molecule has 2 aliphatic heterocycles. The molecule has 0 spiro atoms. The number of nitrogens with two attached hydrogens (primary N) is 2. The number of nitrogens with zero attached hydrogens (tertiary/aromatic N) is 10. The van der Waals surface area contributed by atoms with Gasteiger partial charge in [0.15, 0.2) is 0 Å². The molecule has 73 heavy (non-hydrogen) atoms. The summed E-state index contributed by atoms with van der Waals surface area (Å²) in [6.07, 6.45) is 20.5. The van der Waals surface area contributed by atoms with Crippen molar-refractivity contribution in [3.8, 4) is 37.0 Å². The van der Waals surface area contributed by atoms with Crippen molar-refractivity contribution >= 4 is 66.2 Å². The number of likely N-dealkylation sites (tertiary alicyclic amines) is 1. The Bertz CT molecular complexity index is 2060. The number of alkyl carbamates (subject to hydrolysis) is 2. The highest BCUT2D eigenvalue weighted by molar-refractivity contribution is 5.95. The number of anilines is 3. The van der Waals surface area contributed by atoms with Crippen LogP contribution in [0.2, 0.25) is 0 Å². The van der Waals surface area contributed by atoms with Gasteiger partial charge in [-0.1, -0.05) is 21.7 Å². The van der Waals surface area contributed by atoms with Crippen LogP contribution in [0.4, 0.5) is 27.4 Å². The predicted octanol–water partition coefficient (Wildman–Crippen LogP) is 1.20. The number of ether oxygens (including phenoxy) is 4. The number of carbonyl (C=O) groups excluding carboxylic acids is 5. The number of terminal acetylenes is 3. The number of piperidine rings is 1. The van der Waals surface area contributed by atoms with E-state index in [1.807, 2.05) is 0 Å². The Kier molecular flexibility index (Phi) is 39.0. The smallest absolute Gasteiger partial charge is 0.408 e. The first kappa shape index (κ1) is 69.5. The highest BCUT2D eigenvalue weighted by atomic mass is 35.5. The van der Waals surface area contributed by atoms with Crippen molar-refractivity contribution in [1.29, 1.82) is 0 Å². The fourth-order valence-electron chi connectivity index (χ4n) is 4.53. The Morgan fingerprint density at radius 1 is 0.726 bits per heavy atom. The lowest BCUT2D eigenvalue weighted by Gasteiger charge is -2.22. The number of carboxylic acid groups (broad SMARTS) is 1. The van der Waals surface area contributed by atoms with Crippen molar-refractivity contribution in [1.82, 2.24) is 77.4 Å². The molecular formula is C42H72ClN19O11. The van der Waals surface area contributed by atoms with E-state index < -0.39 is 59.3 Å². The van der Waals surface area contributed by atoms with E-state index in [4.69, 9.17) is 50.1 Å². The highest BCUT2D eigenvalue weighted by Crippen LogP contribution is 2.09. The summed E-state index contributed by atoms with van der Waals surface area (Å²) in [4.78, 5) is 68.7. The lowest BCUT2D eigenvalue weighted by Crippen LogP contribution is -2.45. The molecule has 2 fully saturated rings. The van der Waals surface area contributed by atoms with Crippen molar-refractivity contribution in [2.24, 2.45) is 5.73 Å². The van der Waals surface area contributed by atoms with E-state index in [1.54, 1.807) is 48.5 Å². The van der Waals surface area contributed by atoms with Crippen LogP contribution in [0.1, 0.15) is 107 Å². The summed E-state index contributed by atoms with van der Waals surface area (Å²) in [6, 6.07) is -2.80. The maximum absolute atomic E-state index is 11.9. The lowest BCUT2D eigenvalue weighted by atomic mass is 10.1. The van der Waals surface area contributed by atoms with Crippen LogP contribution in [-0.4, -0.2) is 177 Å². The van der Waals surface area contributed by atoms with Crippen molar-refractivity contribution in [3.63, 3.8) is 0 Å². The lowest BCUT2D eigenvalue weighted by molar-refractivity contribution is -0.140. The molecule has 2 saturated heterocycles. The summed E-state index contributed by atoms with van der Waals surface area (Å²) in [5, 5.41) is 55.0. The molecule has 12 N–H and O–H groups in total. The quantitative estimate of drug-likeness (QED) is 0.0732. The normalized spacial score (nSPS) is 13.4. The van der Waals surface area contributed by atoms with Gasteiger partial charge in [-0.25, -0.2) is 14.4 Å². The number of halogens is 1. The molecule has 0 bridgehead atoms. The van der Waals surface area contributed by atoms with E-state index in [-0.39, 0.29) is 55.5 Å². The zero-order chi connectivity index (χ0) is 55.0. The molecule has 0 saturated carbocycles. The Morgan fingerprint density at radius 2 is 1.16 bits per heavy atom. The molecule has 30 nitrogen and oxygen atoms in total. The van der Waals surface area contributed by atoms with E-state index in [1.165, 1.54) is 52.1 Å². The predicted molar refractivity (Wildman–Crippen MR) is 267 cm³/mol. The Hall–Kier alpha value is -7.72. The number of tetrazole rings is 3. The molecule has 3 aromatic rings. The average molecular weight is 1050 g/mol. The molecule has 0 unspecified atom stereocenters. The first-order valence-electron chi connectivity index (χ1n) is 22.1. The van der Waals surface area contributed by atoms with Gasteiger partial charge in [0.1, 0.15) is 23.3 Å². The third kappa shape index (κ3) is 42.9.